The van der Waals surface area contributed by atoms with E-state index in [9.17, 15) is 9.90 Å². The SMILES string of the molecule is CC[C@@H](Nc1ccc(Cl)cc1C)C(=O)N/N=C\c1ccc(O)c(OC)c1. The van der Waals surface area contributed by atoms with Gasteiger partial charge in [0.15, 0.2) is 11.5 Å². The highest BCUT2D eigenvalue weighted by Crippen LogP contribution is 2.25. The van der Waals surface area contributed by atoms with Crippen LogP contribution in [0.3, 0.4) is 0 Å². The Morgan fingerprint density at radius 3 is 2.77 bits per heavy atom. The predicted octanol–water partition coefficient (Wildman–Crippen LogP) is 3.70. The van der Waals surface area contributed by atoms with E-state index >= 15 is 0 Å². The molecule has 2 rings (SSSR count). The van der Waals surface area contributed by atoms with Crippen molar-refractivity contribution in [2.24, 2.45) is 5.10 Å². The zero-order chi connectivity index (χ0) is 19.1. The minimum Gasteiger partial charge on any atom is -0.504 e. The molecule has 0 bridgehead atoms. The Kier molecular flexibility index (Phi) is 6.86. The molecule has 0 saturated carbocycles. The first-order valence-corrected chi connectivity index (χ1v) is 8.55. The molecule has 0 fully saturated rings. The summed E-state index contributed by atoms with van der Waals surface area (Å²) in [7, 11) is 1.47. The van der Waals surface area contributed by atoms with Crippen LogP contribution in [0.4, 0.5) is 5.69 Å². The largest absolute Gasteiger partial charge is 0.504 e. The first kappa shape index (κ1) is 19.6. The van der Waals surface area contributed by atoms with Gasteiger partial charge in [-0.1, -0.05) is 18.5 Å². The highest BCUT2D eigenvalue weighted by atomic mass is 35.5. The summed E-state index contributed by atoms with van der Waals surface area (Å²) in [5.41, 5.74) is 5.03. The van der Waals surface area contributed by atoms with Crippen LogP contribution in [0.5, 0.6) is 11.5 Å². The summed E-state index contributed by atoms with van der Waals surface area (Å²) in [5, 5.41) is 17.4. The maximum atomic E-state index is 12.3. The molecule has 1 atom stereocenters. The first-order chi connectivity index (χ1) is 12.4. The lowest BCUT2D eigenvalue weighted by atomic mass is 10.1. The van der Waals surface area contributed by atoms with Gasteiger partial charge in [-0.15, -0.1) is 0 Å². The lowest BCUT2D eigenvalue weighted by molar-refractivity contribution is -0.121. The molecular weight excluding hydrogens is 354 g/mol. The van der Waals surface area contributed by atoms with Crippen LogP contribution in [-0.4, -0.2) is 30.4 Å². The molecule has 0 aromatic heterocycles. The number of carbonyl (C=O) groups excluding carboxylic acids is 1. The van der Waals surface area contributed by atoms with Crippen molar-refractivity contribution < 1.29 is 14.6 Å². The fourth-order valence-electron chi connectivity index (χ4n) is 2.35. The van der Waals surface area contributed by atoms with E-state index < -0.39 is 6.04 Å². The summed E-state index contributed by atoms with van der Waals surface area (Å²) in [6.45, 7) is 3.84. The third-order valence-electron chi connectivity index (χ3n) is 3.84. The second-order valence-electron chi connectivity index (χ2n) is 5.73. The number of rotatable bonds is 7. The summed E-state index contributed by atoms with van der Waals surface area (Å²) < 4.78 is 5.04. The minimum absolute atomic E-state index is 0.0438. The topological polar surface area (TPSA) is 83.0 Å². The number of benzene rings is 2. The maximum Gasteiger partial charge on any atom is 0.262 e. The van der Waals surface area contributed by atoms with Crippen LogP contribution in [0.1, 0.15) is 24.5 Å². The number of nitrogens with one attached hydrogen (secondary N) is 2. The van der Waals surface area contributed by atoms with E-state index in [0.717, 1.165) is 11.3 Å². The summed E-state index contributed by atoms with van der Waals surface area (Å²) in [6.07, 6.45) is 2.08. The normalized spacial score (nSPS) is 12.0. The van der Waals surface area contributed by atoms with Crippen LogP contribution in [0, 0.1) is 6.92 Å². The number of hydrazone groups is 1. The molecule has 0 unspecified atom stereocenters. The number of halogens is 1. The van der Waals surface area contributed by atoms with Crippen LogP contribution in [0.15, 0.2) is 41.5 Å². The van der Waals surface area contributed by atoms with Gasteiger partial charge in [0.05, 0.1) is 13.3 Å². The zero-order valence-corrected chi connectivity index (χ0v) is 15.7. The van der Waals surface area contributed by atoms with E-state index in [-0.39, 0.29) is 11.7 Å². The highest BCUT2D eigenvalue weighted by Gasteiger charge is 2.16. The van der Waals surface area contributed by atoms with Crippen LogP contribution < -0.4 is 15.5 Å². The van der Waals surface area contributed by atoms with Crippen molar-refractivity contribution in [3.8, 4) is 11.5 Å². The van der Waals surface area contributed by atoms with Crippen LogP contribution in [-0.2, 0) is 4.79 Å². The molecule has 0 aliphatic rings. The van der Waals surface area contributed by atoms with Gasteiger partial charge in [0.2, 0.25) is 0 Å². The van der Waals surface area contributed by atoms with Crippen molar-refractivity contribution in [1.29, 1.82) is 0 Å². The first-order valence-electron chi connectivity index (χ1n) is 8.17. The number of amides is 1. The Balaban J connectivity index is 2.00. The standard InChI is InChI=1S/C19H22ClN3O3/c1-4-15(22-16-7-6-14(20)9-12(16)2)19(25)23-21-11-13-5-8-17(24)18(10-13)26-3/h5-11,15,22,24H,4H2,1-3H3,(H,23,25)/b21-11-/t15-/m1/s1. The number of phenolic OH excluding ortho intramolecular Hbond substituents is 1. The molecule has 0 spiro atoms. The number of hydrogen-bond acceptors (Lipinski definition) is 5. The van der Waals surface area contributed by atoms with E-state index in [1.54, 1.807) is 18.2 Å². The van der Waals surface area contributed by atoms with Crippen LogP contribution in [0.2, 0.25) is 5.02 Å². The molecule has 0 heterocycles. The third-order valence-corrected chi connectivity index (χ3v) is 4.07. The van der Waals surface area contributed by atoms with Gasteiger partial charge in [-0.3, -0.25) is 4.79 Å². The monoisotopic (exact) mass is 375 g/mol. The lowest BCUT2D eigenvalue weighted by Gasteiger charge is -2.18. The number of ether oxygens (including phenoxy) is 1. The molecule has 0 aliphatic heterocycles. The summed E-state index contributed by atoms with van der Waals surface area (Å²) in [4.78, 5) is 12.3. The molecule has 2 aromatic carbocycles. The van der Waals surface area contributed by atoms with Gasteiger partial charge in [0.1, 0.15) is 6.04 Å². The Bertz CT molecular complexity index is 809. The number of nitrogens with zero attached hydrogens (tertiary/aromatic N) is 1. The molecule has 0 saturated heterocycles. The minimum atomic E-state index is -0.429. The quantitative estimate of drug-likeness (QED) is 0.509. The van der Waals surface area contributed by atoms with E-state index in [0.29, 0.717) is 22.8 Å². The van der Waals surface area contributed by atoms with Crippen molar-refractivity contribution in [3.63, 3.8) is 0 Å². The van der Waals surface area contributed by atoms with Crippen molar-refractivity contribution in [3.05, 3.63) is 52.5 Å². The number of carbonyl (C=O) groups is 1. The highest BCUT2D eigenvalue weighted by molar-refractivity contribution is 6.30. The van der Waals surface area contributed by atoms with Crippen molar-refractivity contribution >= 4 is 29.4 Å². The average molecular weight is 376 g/mol. The van der Waals surface area contributed by atoms with Crippen molar-refractivity contribution in [2.75, 3.05) is 12.4 Å². The third kappa shape index (κ3) is 5.13. The molecule has 1 amide bonds. The fraction of sp³-hybridized carbons (Fsp3) is 0.263. The van der Waals surface area contributed by atoms with Gasteiger partial charge in [0, 0.05) is 10.7 Å². The van der Waals surface area contributed by atoms with Crippen LogP contribution >= 0.6 is 11.6 Å². The van der Waals surface area contributed by atoms with Gasteiger partial charge in [0.25, 0.3) is 5.91 Å². The Morgan fingerprint density at radius 2 is 2.12 bits per heavy atom. The Labute approximate surface area is 157 Å². The van der Waals surface area contributed by atoms with Gasteiger partial charge < -0.3 is 15.2 Å². The number of phenols is 1. The van der Waals surface area contributed by atoms with Gasteiger partial charge in [-0.2, -0.15) is 5.10 Å². The van der Waals surface area contributed by atoms with Gasteiger partial charge >= 0.3 is 0 Å². The van der Waals surface area contributed by atoms with Crippen molar-refractivity contribution in [1.82, 2.24) is 5.43 Å². The molecule has 0 radical (unpaired) electrons. The average Bonchev–Trinajstić information content (AvgIpc) is 2.62. The summed E-state index contributed by atoms with van der Waals surface area (Å²) in [6, 6.07) is 9.82. The maximum absolute atomic E-state index is 12.3. The van der Waals surface area contributed by atoms with E-state index in [2.05, 4.69) is 15.8 Å². The molecule has 26 heavy (non-hydrogen) atoms. The van der Waals surface area contributed by atoms with Crippen molar-refractivity contribution in [2.45, 2.75) is 26.3 Å². The molecule has 0 aliphatic carbocycles. The van der Waals surface area contributed by atoms with Gasteiger partial charge in [-0.25, -0.2) is 5.43 Å². The Hall–Kier alpha value is -2.73. The second kappa shape index (κ2) is 9.10. The zero-order valence-electron chi connectivity index (χ0n) is 14.9. The number of methoxy groups -OCH3 is 1. The van der Waals surface area contributed by atoms with E-state index in [1.165, 1.54) is 19.4 Å². The van der Waals surface area contributed by atoms with Crippen LogP contribution in [0.25, 0.3) is 0 Å². The molecule has 3 N–H and O–H groups in total. The van der Waals surface area contributed by atoms with E-state index in [4.69, 9.17) is 16.3 Å². The predicted molar refractivity (Wildman–Crippen MR) is 104 cm³/mol. The van der Waals surface area contributed by atoms with Gasteiger partial charge in [-0.05, 0) is 60.9 Å². The molecular formula is C19H22ClN3O3. The second-order valence-corrected chi connectivity index (χ2v) is 6.17. The number of aromatic hydroxyl groups is 1. The molecule has 2 aromatic rings. The number of aryl methyl sites for hydroxylation is 1. The lowest BCUT2D eigenvalue weighted by Crippen LogP contribution is -2.37. The molecule has 138 valence electrons. The summed E-state index contributed by atoms with van der Waals surface area (Å²) >= 11 is 5.96. The number of anilines is 1. The smallest absolute Gasteiger partial charge is 0.262 e. The van der Waals surface area contributed by atoms with E-state index in [1.807, 2.05) is 26.0 Å². The molecule has 6 nitrogen and oxygen atoms in total. The molecule has 7 heteroatoms. The summed E-state index contributed by atoms with van der Waals surface area (Å²) in [5.74, 6) is 0.137. The fourth-order valence-corrected chi connectivity index (χ4v) is 2.58. The number of hydrogen-bond donors (Lipinski definition) is 3. The Morgan fingerprint density at radius 1 is 1.35 bits per heavy atom.